The molecule has 2 atom stereocenters. The maximum Gasteiger partial charge on any atom is 0.111 e. The van der Waals surface area contributed by atoms with Crippen LogP contribution in [0.1, 0.15) is 277 Å². The van der Waals surface area contributed by atoms with Gasteiger partial charge in [-0.05, 0) is 26.2 Å². The normalized spacial score (nSPS) is 13.0. The van der Waals surface area contributed by atoms with E-state index < -0.39 is 0 Å². The number of hydrogen-bond donors (Lipinski definition) is 0. The predicted octanol–water partition coefficient (Wildman–Crippen LogP) is 16.6. The standard InChI is InChI=1S/C45H88N2/c1-5-8-11-14-16-18-20-22-24-26-28-30-33-35-38-43(4)47-42-41-46-45(47)44(39-36-32-13-10-7-3)40-37-34-31-29-27-25-23-21-19-17-15-12-9-6-2/h41-44H,5-40H2,1-4H3. The molecule has 0 N–H and O–H groups in total. The summed E-state index contributed by atoms with van der Waals surface area (Å²) in [6, 6.07) is 0.587. The largest absolute Gasteiger partial charge is 0.332 e. The zero-order chi connectivity index (χ0) is 33.9. The maximum absolute atomic E-state index is 5.02. The molecule has 0 bridgehead atoms. The number of aromatic nitrogens is 2. The SMILES string of the molecule is CCCCCCCCCCCCCCCCC(CCCCCCC)c1nccn1C(C)CCCCCCCCCCCCCCCC. The number of rotatable bonds is 38. The van der Waals surface area contributed by atoms with Crippen molar-refractivity contribution in [3.05, 3.63) is 18.2 Å². The molecule has 0 aliphatic heterocycles. The highest BCUT2D eigenvalue weighted by molar-refractivity contribution is 5.02. The fourth-order valence-electron chi connectivity index (χ4n) is 7.77. The van der Waals surface area contributed by atoms with Gasteiger partial charge in [0.15, 0.2) is 0 Å². The first-order valence-electron chi connectivity index (χ1n) is 22.3. The molecule has 278 valence electrons. The van der Waals surface area contributed by atoms with Crippen molar-refractivity contribution in [2.45, 2.75) is 271 Å². The molecular weight excluding hydrogens is 569 g/mol. The third kappa shape index (κ3) is 26.7. The van der Waals surface area contributed by atoms with E-state index in [0.29, 0.717) is 12.0 Å². The minimum absolute atomic E-state index is 0.587. The summed E-state index contributed by atoms with van der Waals surface area (Å²) in [7, 11) is 0. The zero-order valence-electron chi connectivity index (χ0n) is 33.2. The van der Waals surface area contributed by atoms with Crippen molar-refractivity contribution < 1.29 is 0 Å². The van der Waals surface area contributed by atoms with Crippen LogP contribution in [0.3, 0.4) is 0 Å². The lowest BCUT2D eigenvalue weighted by Gasteiger charge is -2.22. The predicted molar refractivity (Wildman–Crippen MR) is 213 cm³/mol. The Kier molecular flexibility index (Phi) is 33.0. The molecule has 1 rings (SSSR count). The average Bonchev–Trinajstić information content (AvgIpc) is 3.57. The zero-order valence-corrected chi connectivity index (χ0v) is 33.2. The second-order valence-electron chi connectivity index (χ2n) is 15.7. The van der Waals surface area contributed by atoms with E-state index in [1.165, 1.54) is 237 Å². The van der Waals surface area contributed by atoms with Gasteiger partial charge in [-0.3, -0.25) is 0 Å². The van der Waals surface area contributed by atoms with Crippen LogP contribution in [0.25, 0.3) is 0 Å². The first-order chi connectivity index (χ1) is 23.2. The summed E-state index contributed by atoms with van der Waals surface area (Å²) >= 11 is 0. The topological polar surface area (TPSA) is 17.8 Å². The molecular formula is C45H88N2. The van der Waals surface area contributed by atoms with E-state index in [1.54, 1.807) is 0 Å². The van der Waals surface area contributed by atoms with Crippen LogP contribution in [0, 0.1) is 0 Å². The molecule has 2 heteroatoms. The highest BCUT2D eigenvalue weighted by Crippen LogP contribution is 2.31. The monoisotopic (exact) mass is 657 g/mol. The highest BCUT2D eigenvalue weighted by atomic mass is 15.1. The van der Waals surface area contributed by atoms with Crippen LogP contribution in [0.4, 0.5) is 0 Å². The van der Waals surface area contributed by atoms with Crippen LogP contribution in [0.2, 0.25) is 0 Å². The van der Waals surface area contributed by atoms with Gasteiger partial charge in [-0.25, -0.2) is 4.98 Å². The molecule has 1 heterocycles. The first kappa shape index (κ1) is 44.2. The number of imidazole rings is 1. The molecule has 47 heavy (non-hydrogen) atoms. The van der Waals surface area contributed by atoms with Gasteiger partial charge >= 0.3 is 0 Å². The van der Waals surface area contributed by atoms with Crippen molar-refractivity contribution in [1.29, 1.82) is 0 Å². The minimum atomic E-state index is 0.587. The fraction of sp³-hybridized carbons (Fsp3) is 0.933. The average molecular weight is 657 g/mol. The molecule has 0 spiro atoms. The Bertz CT molecular complexity index is 723. The van der Waals surface area contributed by atoms with Crippen LogP contribution < -0.4 is 0 Å². The smallest absolute Gasteiger partial charge is 0.111 e. The van der Waals surface area contributed by atoms with Crippen LogP contribution in [-0.2, 0) is 0 Å². The lowest BCUT2D eigenvalue weighted by molar-refractivity contribution is 0.412. The summed E-state index contributed by atoms with van der Waals surface area (Å²) in [6.07, 6.45) is 55.7. The van der Waals surface area contributed by atoms with Gasteiger partial charge in [0.25, 0.3) is 0 Å². The van der Waals surface area contributed by atoms with Gasteiger partial charge in [0.2, 0.25) is 0 Å². The number of nitrogens with zero attached hydrogens (tertiary/aromatic N) is 2. The minimum Gasteiger partial charge on any atom is -0.332 e. The number of unbranched alkanes of at least 4 members (excludes halogenated alkanes) is 30. The third-order valence-electron chi connectivity index (χ3n) is 11.1. The van der Waals surface area contributed by atoms with Crippen LogP contribution in [0.15, 0.2) is 12.4 Å². The van der Waals surface area contributed by atoms with E-state index >= 15 is 0 Å². The van der Waals surface area contributed by atoms with Crippen molar-refractivity contribution in [3.8, 4) is 0 Å². The van der Waals surface area contributed by atoms with E-state index in [-0.39, 0.29) is 0 Å². The molecule has 1 aromatic heterocycles. The second-order valence-corrected chi connectivity index (χ2v) is 15.7. The molecule has 1 aromatic rings. The van der Waals surface area contributed by atoms with E-state index in [2.05, 4.69) is 44.7 Å². The molecule has 0 aliphatic carbocycles. The van der Waals surface area contributed by atoms with E-state index in [1.807, 2.05) is 0 Å². The fourth-order valence-corrected chi connectivity index (χ4v) is 7.77. The van der Waals surface area contributed by atoms with E-state index in [0.717, 1.165) is 0 Å². The molecule has 0 radical (unpaired) electrons. The van der Waals surface area contributed by atoms with Gasteiger partial charge in [0.1, 0.15) is 5.82 Å². The molecule has 2 nitrogen and oxygen atoms in total. The molecule has 0 saturated carbocycles. The lowest BCUT2D eigenvalue weighted by Crippen LogP contribution is -2.13. The van der Waals surface area contributed by atoms with Crippen molar-refractivity contribution in [3.63, 3.8) is 0 Å². The van der Waals surface area contributed by atoms with Gasteiger partial charge < -0.3 is 4.57 Å². The Morgan fingerprint density at radius 1 is 0.404 bits per heavy atom. The van der Waals surface area contributed by atoms with Gasteiger partial charge in [-0.15, -0.1) is 0 Å². The van der Waals surface area contributed by atoms with Gasteiger partial charge in [0.05, 0.1) is 0 Å². The summed E-state index contributed by atoms with van der Waals surface area (Å²) < 4.78 is 2.59. The summed E-state index contributed by atoms with van der Waals surface area (Å²) in [6.45, 7) is 9.41. The summed E-state index contributed by atoms with van der Waals surface area (Å²) in [5, 5.41) is 0. The first-order valence-corrected chi connectivity index (χ1v) is 22.3. The van der Waals surface area contributed by atoms with Gasteiger partial charge in [0, 0.05) is 24.4 Å². The molecule has 0 fully saturated rings. The Balaban J connectivity index is 2.26. The molecule has 2 unspecified atom stereocenters. The third-order valence-corrected chi connectivity index (χ3v) is 11.1. The number of hydrogen-bond acceptors (Lipinski definition) is 1. The van der Waals surface area contributed by atoms with Crippen LogP contribution in [-0.4, -0.2) is 9.55 Å². The summed E-state index contributed by atoms with van der Waals surface area (Å²) in [5.41, 5.74) is 0. The lowest BCUT2D eigenvalue weighted by atomic mass is 9.93. The Hall–Kier alpha value is -0.790. The van der Waals surface area contributed by atoms with E-state index in [9.17, 15) is 0 Å². The Morgan fingerprint density at radius 2 is 0.681 bits per heavy atom. The molecule has 0 amide bonds. The maximum atomic E-state index is 5.02. The molecule has 0 aromatic carbocycles. The van der Waals surface area contributed by atoms with Crippen molar-refractivity contribution in [1.82, 2.24) is 9.55 Å². The summed E-state index contributed by atoms with van der Waals surface area (Å²) in [5.74, 6) is 2.07. The molecule has 0 saturated heterocycles. The van der Waals surface area contributed by atoms with Gasteiger partial charge in [-0.1, -0.05) is 233 Å². The highest BCUT2D eigenvalue weighted by Gasteiger charge is 2.19. The van der Waals surface area contributed by atoms with Crippen molar-refractivity contribution >= 4 is 0 Å². The second kappa shape index (κ2) is 35.1. The Morgan fingerprint density at radius 3 is 1.00 bits per heavy atom. The van der Waals surface area contributed by atoms with Gasteiger partial charge in [-0.2, -0.15) is 0 Å². The molecule has 0 aliphatic rings. The van der Waals surface area contributed by atoms with Crippen LogP contribution >= 0.6 is 0 Å². The summed E-state index contributed by atoms with van der Waals surface area (Å²) in [4.78, 5) is 5.02. The Labute approximate surface area is 297 Å². The van der Waals surface area contributed by atoms with E-state index in [4.69, 9.17) is 4.98 Å². The van der Waals surface area contributed by atoms with Crippen molar-refractivity contribution in [2.75, 3.05) is 0 Å². The van der Waals surface area contributed by atoms with Crippen LogP contribution in [0.5, 0.6) is 0 Å². The van der Waals surface area contributed by atoms with Crippen molar-refractivity contribution in [2.24, 2.45) is 0 Å². The quantitative estimate of drug-likeness (QED) is 0.0648.